The molecule has 1 aromatic heterocycles. The van der Waals surface area contributed by atoms with E-state index in [1.807, 2.05) is 4.68 Å². The maximum atomic E-state index is 13.3. The summed E-state index contributed by atoms with van der Waals surface area (Å²) in [5, 5.41) is 5.20. The van der Waals surface area contributed by atoms with Crippen molar-refractivity contribution in [1.29, 1.82) is 0 Å². The number of aromatic nitrogens is 2. The summed E-state index contributed by atoms with van der Waals surface area (Å²) in [7, 11) is 0. The summed E-state index contributed by atoms with van der Waals surface area (Å²) in [6.45, 7) is 0. The minimum absolute atomic E-state index is 0.226. The Kier molecular flexibility index (Phi) is 2.06. The molecule has 1 saturated carbocycles. The van der Waals surface area contributed by atoms with E-state index in [0.717, 1.165) is 10.9 Å². The van der Waals surface area contributed by atoms with Gasteiger partial charge >= 0.3 is 0 Å². The lowest BCUT2D eigenvalue weighted by molar-refractivity contribution is 0.297. The summed E-state index contributed by atoms with van der Waals surface area (Å²) >= 11 is 3.25. The lowest BCUT2D eigenvalue weighted by Gasteiger charge is -2.26. The lowest BCUT2D eigenvalue weighted by atomic mass is 9.93. The molecule has 0 aliphatic heterocycles. The van der Waals surface area contributed by atoms with Crippen LogP contribution in [0.25, 0.3) is 10.9 Å². The Morgan fingerprint density at radius 2 is 2.20 bits per heavy atom. The maximum Gasteiger partial charge on any atom is 0.138 e. The largest absolute Gasteiger partial charge is 0.262 e. The van der Waals surface area contributed by atoms with E-state index < -0.39 is 0 Å². The van der Waals surface area contributed by atoms with Gasteiger partial charge < -0.3 is 0 Å². The molecular weight excluding hydrogens is 259 g/mol. The molecule has 1 fully saturated rings. The number of rotatable bonds is 1. The highest BCUT2D eigenvalue weighted by atomic mass is 79.9. The van der Waals surface area contributed by atoms with Gasteiger partial charge in [0, 0.05) is 5.39 Å². The van der Waals surface area contributed by atoms with Crippen LogP contribution in [0.5, 0.6) is 0 Å². The van der Waals surface area contributed by atoms with Gasteiger partial charge in [-0.3, -0.25) is 4.68 Å². The highest BCUT2D eigenvalue weighted by molar-refractivity contribution is 9.10. The van der Waals surface area contributed by atoms with Crippen LogP contribution < -0.4 is 0 Å². The van der Waals surface area contributed by atoms with Gasteiger partial charge in [0.2, 0.25) is 0 Å². The summed E-state index contributed by atoms with van der Waals surface area (Å²) in [6.07, 6.45) is 5.38. The summed E-state index contributed by atoms with van der Waals surface area (Å²) in [5.41, 5.74) is 1.02. The molecule has 4 heteroatoms. The highest BCUT2D eigenvalue weighted by Crippen LogP contribution is 2.35. The van der Waals surface area contributed by atoms with Crippen molar-refractivity contribution in [3.63, 3.8) is 0 Å². The van der Waals surface area contributed by atoms with Gasteiger partial charge in [-0.15, -0.1) is 0 Å². The van der Waals surface area contributed by atoms with Crippen molar-refractivity contribution in [2.45, 2.75) is 25.3 Å². The molecule has 0 saturated heterocycles. The first kappa shape index (κ1) is 9.33. The van der Waals surface area contributed by atoms with Gasteiger partial charge in [0.1, 0.15) is 5.82 Å². The van der Waals surface area contributed by atoms with E-state index >= 15 is 0 Å². The molecule has 78 valence electrons. The minimum Gasteiger partial charge on any atom is -0.262 e. The number of hydrogen-bond donors (Lipinski definition) is 0. The Bertz CT molecular complexity index is 517. The predicted octanol–water partition coefficient (Wildman–Crippen LogP) is 3.66. The summed E-state index contributed by atoms with van der Waals surface area (Å²) < 4.78 is 15.8. The lowest BCUT2D eigenvalue weighted by Crippen LogP contribution is -2.17. The van der Waals surface area contributed by atoms with E-state index in [1.165, 1.54) is 25.3 Å². The van der Waals surface area contributed by atoms with Gasteiger partial charge in [0.15, 0.2) is 0 Å². The SMILES string of the molecule is Fc1ccc2c(cnn2C2CCC2)c1Br. The van der Waals surface area contributed by atoms with Gasteiger partial charge in [-0.2, -0.15) is 5.10 Å². The van der Waals surface area contributed by atoms with Crippen molar-refractivity contribution in [3.05, 3.63) is 28.6 Å². The van der Waals surface area contributed by atoms with Crippen molar-refractivity contribution in [2.24, 2.45) is 0 Å². The van der Waals surface area contributed by atoms with E-state index in [9.17, 15) is 4.39 Å². The second kappa shape index (κ2) is 3.30. The van der Waals surface area contributed by atoms with E-state index in [1.54, 1.807) is 12.3 Å². The summed E-state index contributed by atoms with van der Waals surface area (Å²) in [6, 6.07) is 3.81. The van der Waals surface area contributed by atoms with Crippen molar-refractivity contribution in [1.82, 2.24) is 9.78 Å². The number of benzene rings is 1. The monoisotopic (exact) mass is 268 g/mol. The Balaban J connectivity index is 2.21. The molecule has 1 aliphatic rings. The minimum atomic E-state index is -0.226. The second-order valence-electron chi connectivity index (χ2n) is 3.97. The van der Waals surface area contributed by atoms with Crippen LogP contribution in [0.15, 0.2) is 22.8 Å². The zero-order valence-corrected chi connectivity index (χ0v) is 9.67. The fourth-order valence-electron chi connectivity index (χ4n) is 1.98. The van der Waals surface area contributed by atoms with Gasteiger partial charge in [-0.25, -0.2) is 4.39 Å². The average Bonchev–Trinajstić information content (AvgIpc) is 2.54. The molecule has 0 N–H and O–H groups in total. The molecule has 1 aromatic carbocycles. The zero-order valence-electron chi connectivity index (χ0n) is 8.08. The molecule has 0 spiro atoms. The molecule has 0 amide bonds. The third-order valence-electron chi connectivity index (χ3n) is 3.09. The Hall–Kier alpha value is -0.900. The molecule has 1 aliphatic carbocycles. The van der Waals surface area contributed by atoms with Crippen molar-refractivity contribution in [2.75, 3.05) is 0 Å². The van der Waals surface area contributed by atoms with E-state index in [-0.39, 0.29) is 5.82 Å². The molecule has 2 nitrogen and oxygen atoms in total. The second-order valence-corrected chi connectivity index (χ2v) is 4.76. The van der Waals surface area contributed by atoms with Crippen molar-refractivity contribution < 1.29 is 4.39 Å². The zero-order chi connectivity index (χ0) is 10.4. The van der Waals surface area contributed by atoms with E-state index in [0.29, 0.717) is 10.5 Å². The first-order valence-corrected chi connectivity index (χ1v) is 5.88. The van der Waals surface area contributed by atoms with Crippen molar-refractivity contribution in [3.8, 4) is 0 Å². The van der Waals surface area contributed by atoms with Crippen LogP contribution >= 0.6 is 15.9 Å². The summed E-state index contributed by atoms with van der Waals surface area (Å²) in [4.78, 5) is 0. The molecule has 2 aromatic rings. The van der Waals surface area contributed by atoms with Crippen LogP contribution in [0, 0.1) is 5.82 Å². The fraction of sp³-hybridized carbons (Fsp3) is 0.364. The maximum absolute atomic E-state index is 13.3. The molecule has 0 atom stereocenters. The Morgan fingerprint density at radius 3 is 2.87 bits per heavy atom. The van der Waals surface area contributed by atoms with Gasteiger partial charge in [-0.05, 0) is 47.3 Å². The van der Waals surface area contributed by atoms with Gasteiger partial charge in [0.25, 0.3) is 0 Å². The smallest absolute Gasteiger partial charge is 0.138 e. The van der Waals surface area contributed by atoms with Crippen LogP contribution in [-0.2, 0) is 0 Å². The highest BCUT2D eigenvalue weighted by Gasteiger charge is 2.22. The fourth-order valence-corrected chi connectivity index (χ4v) is 2.42. The predicted molar refractivity (Wildman–Crippen MR) is 60.3 cm³/mol. The van der Waals surface area contributed by atoms with Crippen LogP contribution in [0.3, 0.4) is 0 Å². The standard InChI is InChI=1S/C11H10BrFN2/c12-11-8-6-14-15(7-2-1-3-7)10(8)5-4-9(11)13/h4-7H,1-3H2. The molecule has 1 heterocycles. The average molecular weight is 269 g/mol. The van der Waals surface area contributed by atoms with Crippen LogP contribution in [0.4, 0.5) is 4.39 Å². The van der Waals surface area contributed by atoms with E-state index in [4.69, 9.17) is 0 Å². The molecule has 0 radical (unpaired) electrons. The van der Waals surface area contributed by atoms with Gasteiger partial charge in [-0.1, -0.05) is 0 Å². The molecule has 0 bridgehead atoms. The normalized spacial score (nSPS) is 16.9. The molecular formula is C11H10BrFN2. The van der Waals surface area contributed by atoms with Gasteiger partial charge in [0.05, 0.1) is 22.2 Å². The first-order valence-electron chi connectivity index (χ1n) is 5.08. The quantitative estimate of drug-likeness (QED) is 0.772. The topological polar surface area (TPSA) is 17.8 Å². The van der Waals surface area contributed by atoms with Crippen LogP contribution in [-0.4, -0.2) is 9.78 Å². The third kappa shape index (κ3) is 1.31. The number of hydrogen-bond acceptors (Lipinski definition) is 1. The molecule has 0 unspecified atom stereocenters. The number of fused-ring (bicyclic) bond motifs is 1. The summed E-state index contributed by atoms with van der Waals surface area (Å²) in [5.74, 6) is -0.226. The first-order chi connectivity index (χ1) is 7.27. The van der Waals surface area contributed by atoms with Crippen molar-refractivity contribution >= 4 is 26.8 Å². The third-order valence-corrected chi connectivity index (χ3v) is 3.89. The molecule has 15 heavy (non-hydrogen) atoms. The van der Waals surface area contributed by atoms with E-state index in [2.05, 4.69) is 21.0 Å². The number of halogens is 2. The number of nitrogens with zero attached hydrogens (tertiary/aromatic N) is 2. The Morgan fingerprint density at radius 1 is 1.40 bits per heavy atom. The van der Waals surface area contributed by atoms with Crippen LogP contribution in [0.1, 0.15) is 25.3 Å². The Labute approximate surface area is 95.2 Å². The molecule has 3 rings (SSSR count). The van der Waals surface area contributed by atoms with Crippen LogP contribution in [0.2, 0.25) is 0 Å².